The Labute approximate surface area is 386 Å². The van der Waals surface area contributed by atoms with E-state index in [2.05, 4.69) is 45.8 Å². The number of aliphatic hydroxyl groups is 2. The van der Waals surface area contributed by atoms with Crippen molar-refractivity contribution in [1.82, 2.24) is 29.0 Å². The molecule has 8 rings (SSSR count). The van der Waals surface area contributed by atoms with Gasteiger partial charge >= 0.3 is 0 Å². The summed E-state index contributed by atoms with van der Waals surface area (Å²) in [6.07, 6.45) is 3.89. The molecule has 4 N–H and O–H groups in total. The molecular weight excluding hydrogens is 893 g/mol. The largest absolute Gasteiger partial charge is 0.471 e. The van der Waals surface area contributed by atoms with Gasteiger partial charge in [-0.05, 0) is 151 Å². The third kappa shape index (κ3) is 11.6. The Morgan fingerprint density at radius 3 is 1.23 bits per heavy atom. The van der Waals surface area contributed by atoms with Crippen LogP contribution in [0.5, 0.6) is 0 Å². The molecule has 64 heavy (non-hydrogen) atoms. The molecule has 0 fully saturated rings. The van der Waals surface area contributed by atoms with Crippen molar-refractivity contribution in [1.29, 1.82) is 0 Å². The smallest absolute Gasteiger partial charge is 0.270 e. The van der Waals surface area contributed by atoms with Crippen LogP contribution in [-0.2, 0) is 55.2 Å². The van der Waals surface area contributed by atoms with Crippen LogP contribution in [0.1, 0.15) is 61.3 Å². The first-order valence-corrected chi connectivity index (χ1v) is 24.6. The van der Waals surface area contributed by atoms with Crippen molar-refractivity contribution in [3.05, 3.63) is 131 Å². The molecule has 14 nitrogen and oxygen atoms in total. The lowest BCUT2D eigenvalue weighted by Crippen LogP contribution is -2.30. The lowest BCUT2D eigenvalue weighted by atomic mass is 9.89. The zero-order valence-electron chi connectivity index (χ0n) is 36.7. The van der Waals surface area contributed by atoms with Crippen LogP contribution in [0, 0.1) is 13.8 Å². The average Bonchev–Trinajstić information content (AvgIpc) is 3.80. The van der Waals surface area contributed by atoms with Crippen molar-refractivity contribution in [3.8, 4) is 33.9 Å². The molecule has 0 bridgehead atoms. The van der Waals surface area contributed by atoms with Crippen molar-refractivity contribution in [2.45, 2.75) is 77.0 Å². The predicted octanol–water partition coefficient (Wildman–Crippen LogP) is 7.09. The van der Waals surface area contributed by atoms with Crippen molar-refractivity contribution >= 4 is 54.8 Å². The van der Waals surface area contributed by atoms with Gasteiger partial charge in [-0.1, -0.05) is 48.5 Å². The summed E-state index contributed by atoms with van der Waals surface area (Å²) in [4.78, 5) is 0.225. The predicted molar refractivity (Wildman–Crippen MR) is 257 cm³/mol. The normalized spacial score (nSPS) is 12.1. The number of sulfonamides is 2. The number of thiocarbonyl (C=S) groups is 2. The maximum absolute atomic E-state index is 12.5. The summed E-state index contributed by atoms with van der Waals surface area (Å²) < 4.78 is 68.2. The number of aryl methyl sites for hydroxylation is 4. The molecule has 18 heteroatoms. The van der Waals surface area contributed by atoms with Gasteiger partial charge in [-0.2, -0.15) is 10.2 Å². The van der Waals surface area contributed by atoms with Crippen molar-refractivity contribution in [3.63, 3.8) is 0 Å². The van der Waals surface area contributed by atoms with E-state index in [1.807, 2.05) is 35.3 Å². The summed E-state index contributed by atoms with van der Waals surface area (Å²) in [5, 5.41) is 24.3. The van der Waals surface area contributed by atoms with Crippen molar-refractivity contribution in [2.24, 2.45) is 0 Å². The standard InChI is InChI=1S/2C21H21N3O3S2.2C2H6O/c2*1-3-27-21(28)23-29(25,26)17-11-9-16(10-12-17)24-20-18(14(2)22-24)13-8-15-6-4-5-7-19(15)20;2*1-2-3/h2*4-7,9-12H,3,8,13H2,1-2H3,(H,23,28);2*3H,2H2,1H3. The molecule has 4 aromatic carbocycles. The Morgan fingerprint density at radius 2 is 0.906 bits per heavy atom. The first-order valence-electron chi connectivity index (χ1n) is 20.8. The quantitative estimate of drug-likeness (QED) is 0.114. The van der Waals surface area contributed by atoms with Gasteiger partial charge < -0.3 is 19.7 Å². The van der Waals surface area contributed by atoms with Crippen LogP contribution < -0.4 is 9.44 Å². The summed E-state index contributed by atoms with van der Waals surface area (Å²) in [5.41, 5.74) is 13.2. The minimum Gasteiger partial charge on any atom is -0.471 e. The SMILES string of the molecule is CCO.CCO.CCOC(=S)NS(=O)(=O)c1ccc(-n2nc(C)c3c2-c2ccccc2CC3)cc1.CCOC(=S)NS(=O)(=O)c1ccc(-n2nc(C)c3c2-c2ccccc2CC3)cc1. The molecule has 0 spiro atoms. The van der Waals surface area contributed by atoms with E-state index in [9.17, 15) is 16.8 Å². The van der Waals surface area contributed by atoms with Gasteiger partial charge in [0.15, 0.2) is 0 Å². The number of fused-ring (bicyclic) bond motifs is 6. The molecule has 0 amide bonds. The number of aliphatic hydroxyl groups excluding tert-OH is 2. The second-order valence-electron chi connectivity index (χ2n) is 14.2. The molecule has 2 aromatic heterocycles. The summed E-state index contributed by atoms with van der Waals surface area (Å²) in [7, 11) is -7.57. The minimum absolute atomic E-state index is 0.112. The second-order valence-corrected chi connectivity index (χ2v) is 18.3. The topological polar surface area (TPSA) is 187 Å². The number of hydrogen-bond donors (Lipinski definition) is 4. The van der Waals surface area contributed by atoms with Crippen LogP contribution >= 0.6 is 24.4 Å². The average molecular weight is 947 g/mol. The highest BCUT2D eigenvalue weighted by Gasteiger charge is 2.26. The van der Waals surface area contributed by atoms with E-state index in [0.29, 0.717) is 13.2 Å². The van der Waals surface area contributed by atoms with E-state index < -0.39 is 20.0 Å². The second kappa shape index (κ2) is 22.4. The number of aromatic nitrogens is 4. The van der Waals surface area contributed by atoms with Gasteiger partial charge in [0.05, 0.1) is 57.2 Å². The van der Waals surface area contributed by atoms with Gasteiger partial charge in [-0.25, -0.2) is 35.6 Å². The fraction of sp³-hybridized carbons (Fsp3) is 0.304. The Hall–Kier alpha value is -5.50. The molecule has 0 aliphatic heterocycles. The van der Waals surface area contributed by atoms with E-state index in [-0.39, 0.29) is 33.4 Å². The fourth-order valence-corrected chi connectivity index (χ4v) is 9.97. The number of hydrogen-bond acceptors (Lipinski definition) is 12. The molecule has 0 atom stereocenters. The Kier molecular flexibility index (Phi) is 17.3. The molecule has 340 valence electrons. The van der Waals surface area contributed by atoms with Gasteiger partial charge in [0.25, 0.3) is 30.4 Å². The van der Waals surface area contributed by atoms with E-state index in [4.69, 9.17) is 54.3 Å². The first kappa shape index (κ1) is 49.5. The molecule has 6 aromatic rings. The number of ether oxygens (including phenoxy) is 2. The summed E-state index contributed by atoms with van der Waals surface area (Å²) in [6.45, 7) is 12.0. The number of rotatable bonds is 8. The zero-order valence-corrected chi connectivity index (χ0v) is 39.9. The number of nitrogens with one attached hydrogen (secondary N) is 2. The third-order valence-corrected chi connectivity index (χ3v) is 13.4. The van der Waals surface area contributed by atoms with E-state index >= 15 is 0 Å². The highest BCUT2D eigenvalue weighted by atomic mass is 32.2. The van der Waals surface area contributed by atoms with Crippen LogP contribution in [-0.4, -0.2) is 83.4 Å². The lowest BCUT2D eigenvalue weighted by molar-refractivity contribution is 0.318. The maximum Gasteiger partial charge on any atom is 0.270 e. The van der Waals surface area contributed by atoms with Gasteiger partial charge in [0.2, 0.25) is 0 Å². The molecule has 2 aliphatic rings. The van der Waals surface area contributed by atoms with Crippen molar-refractivity contribution in [2.75, 3.05) is 26.4 Å². The maximum atomic E-state index is 12.5. The lowest BCUT2D eigenvalue weighted by Gasteiger charge is -2.18. The molecular formula is C46H54N6O8S4. The Morgan fingerprint density at radius 1 is 0.578 bits per heavy atom. The number of nitrogens with zero attached hydrogens (tertiary/aromatic N) is 4. The van der Waals surface area contributed by atoms with Crippen LogP contribution in [0.25, 0.3) is 33.9 Å². The van der Waals surface area contributed by atoms with E-state index in [1.54, 1.807) is 76.2 Å². The minimum atomic E-state index is -3.79. The van der Waals surface area contributed by atoms with Crippen LogP contribution in [0.15, 0.2) is 107 Å². The van der Waals surface area contributed by atoms with Gasteiger partial charge in [-0.15, -0.1) is 0 Å². The summed E-state index contributed by atoms with van der Waals surface area (Å²) in [6, 6.07) is 29.9. The highest BCUT2D eigenvalue weighted by Crippen LogP contribution is 2.38. The highest BCUT2D eigenvalue weighted by molar-refractivity contribution is 7.92. The first-order chi connectivity index (χ1) is 30.6. The zero-order chi connectivity index (χ0) is 46.6. The number of benzene rings is 4. The summed E-state index contributed by atoms with van der Waals surface area (Å²) in [5.74, 6) is 0. The fourth-order valence-electron chi connectivity index (χ4n) is 7.29. The van der Waals surface area contributed by atoms with Gasteiger partial charge in [0.1, 0.15) is 0 Å². The molecule has 2 aliphatic carbocycles. The molecule has 0 saturated heterocycles. The van der Waals surface area contributed by atoms with Crippen LogP contribution in [0.4, 0.5) is 0 Å². The Bertz CT molecular complexity index is 2600. The van der Waals surface area contributed by atoms with Gasteiger partial charge in [0, 0.05) is 35.5 Å². The van der Waals surface area contributed by atoms with E-state index in [0.717, 1.165) is 59.8 Å². The van der Waals surface area contributed by atoms with Crippen molar-refractivity contribution < 1.29 is 36.5 Å². The molecule has 0 unspecified atom stereocenters. The Balaban J connectivity index is 0.000000215. The molecule has 2 heterocycles. The molecule has 0 radical (unpaired) electrons. The van der Waals surface area contributed by atoms with Crippen LogP contribution in [0.3, 0.4) is 0 Å². The summed E-state index contributed by atoms with van der Waals surface area (Å²) >= 11 is 9.77. The third-order valence-electron chi connectivity index (χ3n) is 9.97. The van der Waals surface area contributed by atoms with Gasteiger partial charge in [-0.3, -0.25) is 0 Å². The monoisotopic (exact) mass is 946 g/mol. The molecule has 0 saturated carbocycles. The van der Waals surface area contributed by atoms with Crippen LogP contribution in [0.2, 0.25) is 0 Å². The van der Waals surface area contributed by atoms with E-state index in [1.165, 1.54) is 33.4 Å².